The van der Waals surface area contributed by atoms with Gasteiger partial charge in [-0.3, -0.25) is 0 Å². The molecule has 0 radical (unpaired) electrons. The van der Waals surface area contributed by atoms with Crippen molar-refractivity contribution < 1.29 is 17.5 Å². The smallest absolute Gasteiger partial charge is 0.178 e. The van der Waals surface area contributed by atoms with Crippen LogP contribution in [-0.4, -0.2) is 13.0 Å². The molecule has 0 aliphatic rings. The number of rotatable bonds is 4. The number of hydrogen-bond donors (Lipinski definition) is 0. The highest BCUT2D eigenvalue weighted by Gasteiger charge is 2.03. The van der Waals surface area contributed by atoms with Gasteiger partial charge in [-0.15, -0.1) is 0 Å². The molecule has 3 aromatic rings. The standard InChI is InChI=1S/C14H16N.C7H8O3S/c1-13-7-5-6-11-15(13)12-10-14-8-3-2-4-9-14;1-6-2-4-7(5-3-6)11(8,9)10/h2-9,11H,10,12H2,1H3;2-5H,1H3,(H,8,9,10)/q+1;/p-1. The third kappa shape index (κ3) is 6.43. The van der Waals surface area contributed by atoms with Gasteiger partial charge in [-0.05, 0) is 24.6 Å². The maximum atomic E-state index is 10.4. The van der Waals surface area contributed by atoms with Crippen molar-refractivity contribution in [3.05, 3.63) is 95.8 Å². The summed E-state index contributed by atoms with van der Waals surface area (Å²) in [5.74, 6) is 0. The molecule has 0 aliphatic heterocycles. The molecule has 3 rings (SSSR count). The zero-order chi connectivity index (χ0) is 19.0. The van der Waals surface area contributed by atoms with Crippen LogP contribution < -0.4 is 4.57 Å². The molecule has 4 nitrogen and oxygen atoms in total. The molecule has 2 aromatic carbocycles. The minimum absolute atomic E-state index is 0.178. The van der Waals surface area contributed by atoms with Crippen LogP contribution in [0.2, 0.25) is 0 Å². The lowest BCUT2D eigenvalue weighted by molar-refractivity contribution is -0.702. The van der Waals surface area contributed by atoms with Crippen LogP contribution in [-0.2, 0) is 23.1 Å². The van der Waals surface area contributed by atoms with E-state index in [-0.39, 0.29) is 4.90 Å². The maximum Gasteiger partial charge on any atom is 0.178 e. The fraction of sp³-hybridized carbons (Fsp3) is 0.190. The van der Waals surface area contributed by atoms with E-state index in [2.05, 4.69) is 66.2 Å². The van der Waals surface area contributed by atoms with Crippen molar-refractivity contribution in [3.8, 4) is 0 Å². The Labute approximate surface area is 155 Å². The van der Waals surface area contributed by atoms with E-state index in [1.54, 1.807) is 12.1 Å². The first-order chi connectivity index (χ1) is 12.4. The summed E-state index contributed by atoms with van der Waals surface area (Å²) in [5.41, 5.74) is 3.64. The molecule has 0 unspecified atom stereocenters. The largest absolute Gasteiger partial charge is 0.744 e. The normalized spacial score (nSPS) is 10.7. The third-order valence-electron chi connectivity index (χ3n) is 3.96. The summed E-state index contributed by atoms with van der Waals surface area (Å²) >= 11 is 0. The third-order valence-corrected chi connectivity index (χ3v) is 4.81. The highest BCUT2D eigenvalue weighted by Crippen LogP contribution is 2.08. The van der Waals surface area contributed by atoms with Crippen molar-refractivity contribution in [2.45, 2.75) is 31.7 Å². The summed E-state index contributed by atoms with van der Waals surface area (Å²) in [6.45, 7) is 5.02. The lowest BCUT2D eigenvalue weighted by atomic mass is 10.1. The van der Waals surface area contributed by atoms with Gasteiger partial charge >= 0.3 is 0 Å². The Bertz CT molecular complexity index is 921. The second-order valence-corrected chi connectivity index (χ2v) is 7.42. The first kappa shape index (κ1) is 19.8. The van der Waals surface area contributed by atoms with Crippen molar-refractivity contribution in [1.82, 2.24) is 0 Å². The van der Waals surface area contributed by atoms with Crippen LogP contribution in [0.4, 0.5) is 0 Å². The summed E-state index contributed by atoms with van der Waals surface area (Å²) in [6.07, 6.45) is 3.23. The molecule has 0 N–H and O–H groups in total. The first-order valence-electron chi connectivity index (χ1n) is 8.38. The van der Waals surface area contributed by atoms with Gasteiger partial charge in [0.2, 0.25) is 0 Å². The predicted molar refractivity (Wildman–Crippen MR) is 101 cm³/mol. The van der Waals surface area contributed by atoms with Gasteiger partial charge in [0.25, 0.3) is 0 Å². The Morgan fingerprint density at radius 1 is 0.846 bits per heavy atom. The van der Waals surface area contributed by atoms with Gasteiger partial charge in [-0.1, -0.05) is 54.1 Å². The van der Waals surface area contributed by atoms with Crippen LogP contribution in [0, 0.1) is 13.8 Å². The van der Waals surface area contributed by atoms with Crippen molar-refractivity contribution in [2.75, 3.05) is 0 Å². The van der Waals surface area contributed by atoms with Gasteiger partial charge in [-0.2, -0.15) is 0 Å². The monoisotopic (exact) mass is 369 g/mol. The van der Waals surface area contributed by atoms with Crippen LogP contribution in [0.1, 0.15) is 16.8 Å². The van der Waals surface area contributed by atoms with Crippen molar-refractivity contribution in [3.63, 3.8) is 0 Å². The van der Waals surface area contributed by atoms with E-state index in [1.165, 1.54) is 23.4 Å². The maximum absolute atomic E-state index is 10.4. The van der Waals surface area contributed by atoms with E-state index in [0.717, 1.165) is 18.5 Å². The van der Waals surface area contributed by atoms with Gasteiger partial charge < -0.3 is 4.55 Å². The molecule has 0 aliphatic carbocycles. The Hall–Kier alpha value is -2.50. The Morgan fingerprint density at radius 3 is 2.04 bits per heavy atom. The van der Waals surface area contributed by atoms with Crippen LogP contribution in [0.5, 0.6) is 0 Å². The zero-order valence-corrected chi connectivity index (χ0v) is 15.8. The van der Waals surface area contributed by atoms with Crippen LogP contribution >= 0.6 is 0 Å². The highest BCUT2D eigenvalue weighted by atomic mass is 32.2. The van der Waals surface area contributed by atoms with Gasteiger partial charge in [0.15, 0.2) is 18.4 Å². The SMILES string of the molecule is Cc1ccc(S(=O)(=O)[O-])cc1.Cc1cccc[n+]1CCc1ccccc1. The van der Waals surface area contributed by atoms with Crippen LogP contribution in [0.25, 0.3) is 0 Å². The molecule has 0 atom stereocenters. The number of benzene rings is 2. The number of hydrogen-bond acceptors (Lipinski definition) is 3. The molecule has 0 saturated carbocycles. The summed E-state index contributed by atoms with van der Waals surface area (Å²) in [5, 5.41) is 0. The van der Waals surface area contributed by atoms with Crippen LogP contribution in [0.15, 0.2) is 83.9 Å². The molecule has 136 valence electrons. The van der Waals surface area contributed by atoms with Crippen LogP contribution in [0.3, 0.4) is 0 Å². The quantitative estimate of drug-likeness (QED) is 0.523. The Morgan fingerprint density at radius 2 is 1.46 bits per heavy atom. The van der Waals surface area contributed by atoms with E-state index in [0.29, 0.717) is 0 Å². The molecule has 0 spiro atoms. The predicted octanol–water partition coefficient (Wildman–Crippen LogP) is 3.42. The van der Waals surface area contributed by atoms with Gasteiger partial charge in [0, 0.05) is 25.5 Å². The van der Waals surface area contributed by atoms with E-state index >= 15 is 0 Å². The topological polar surface area (TPSA) is 61.1 Å². The van der Waals surface area contributed by atoms with Gasteiger partial charge in [0.05, 0.1) is 4.90 Å². The lowest BCUT2D eigenvalue weighted by Crippen LogP contribution is -2.37. The molecular weight excluding hydrogens is 346 g/mol. The highest BCUT2D eigenvalue weighted by molar-refractivity contribution is 7.85. The van der Waals surface area contributed by atoms with E-state index < -0.39 is 10.1 Å². The summed E-state index contributed by atoms with van der Waals surface area (Å²) in [4.78, 5) is -0.178. The lowest BCUT2D eigenvalue weighted by Gasteiger charge is -2.05. The summed E-state index contributed by atoms with van der Waals surface area (Å²) in [6, 6.07) is 22.7. The second-order valence-electron chi connectivity index (χ2n) is 6.04. The molecule has 0 amide bonds. The molecule has 0 bridgehead atoms. The molecule has 26 heavy (non-hydrogen) atoms. The minimum atomic E-state index is -4.27. The first-order valence-corrected chi connectivity index (χ1v) is 9.78. The van der Waals surface area contributed by atoms with Crippen molar-refractivity contribution in [2.24, 2.45) is 0 Å². The van der Waals surface area contributed by atoms with E-state index in [4.69, 9.17) is 0 Å². The summed E-state index contributed by atoms with van der Waals surface area (Å²) < 4.78 is 33.5. The Balaban J connectivity index is 0.000000197. The molecule has 1 aromatic heterocycles. The molecule has 1 heterocycles. The fourth-order valence-electron chi connectivity index (χ4n) is 2.41. The van der Waals surface area contributed by atoms with Gasteiger partial charge in [0.1, 0.15) is 10.1 Å². The van der Waals surface area contributed by atoms with Gasteiger partial charge in [-0.25, -0.2) is 13.0 Å². The number of aromatic nitrogens is 1. The second kappa shape index (κ2) is 9.27. The zero-order valence-electron chi connectivity index (χ0n) is 15.0. The Kier molecular flexibility index (Phi) is 7.06. The average Bonchev–Trinajstić information content (AvgIpc) is 2.62. The molecule has 0 fully saturated rings. The average molecular weight is 369 g/mol. The molecule has 0 saturated heterocycles. The van der Waals surface area contributed by atoms with E-state index in [1.807, 2.05) is 6.92 Å². The number of aryl methyl sites for hydroxylation is 4. The summed E-state index contributed by atoms with van der Waals surface area (Å²) in [7, 11) is -4.27. The molecular formula is C21H23NO3S. The minimum Gasteiger partial charge on any atom is -0.744 e. The number of nitrogens with zero attached hydrogens (tertiary/aromatic N) is 1. The van der Waals surface area contributed by atoms with E-state index in [9.17, 15) is 13.0 Å². The fourth-order valence-corrected chi connectivity index (χ4v) is 2.88. The van der Waals surface area contributed by atoms with Crippen molar-refractivity contribution >= 4 is 10.1 Å². The number of pyridine rings is 1. The van der Waals surface area contributed by atoms with Crippen molar-refractivity contribution in [1.29, 1.82) is 0 Å². The molecule has 5 heteroatoms.